The van der Waals surface area contributed by atoms with Crippen LogP contribution in [0.15, 0.2) is 47.1 Å². The van der Waals surface area contributed by atoms with Crippen molar-refractivity contribution >= 4 is 51.4 Å². The molecule has 1 aromatic carbocycles. The Morgan fingerprint density at radius 1 is 1.24 bits per heavy atom. The molecule has 5 rings (SSSR count). The summed E-state index contributed by atoms with van der Waals surface area (Å²) in [5.74, 6) is 0.822. The maximum atomic E-state index is 13.4. The lowest BCUT2D eigenvalue weighted by Crippen LogP contribution is -2.38. The number of allylic oxidation sites excluding steroid dienone is 1. The number of nitrogens with zero attached hydrogens (tertiary/aromatic N) is 2. The molecule has 1 atom stereocenters. The second-order valence-electron chi connectivity index (χ2n) is 8.39. The van der Waals surface area contributed by atoms with Gasteiger partial charge in [0.05, 0.1) is 28.8 Å². The van der Waals surface area contributed by atoms with Crippen LogP contribution in [0.2, 0.25) is 0 Å². The normalized spacial score (nSPS) is 19.4. The van der Waals surface area contributed by atoms with E-state index in [0.29, 0.717) is 11.5 Å². The van der Waals surface area contributed by atoms with Crippen LogP contribution in [0.3, 0.4) is 0 Å². The third kappa shape index (κ3) is 4.18. The Labute approximate surface area is 195 Å². The zero-order valence-corrected chi connectivity index (χ0v) is 19.0. The Bertz CT molecular complexity index is 1270. The summed E-state index contributed by atoms with van der Waals surface area (Å²) in [6.45, 7) is 2.53. The molecule has 7 nitrogen and oxygen atoms in total. The van der Waals surface area contributed by atoms with E-state index < -0.39 is 0 Å². The number of furan rings is 1. The molecular weight excluding hydrogens is 438 g/mol. The van der Waals surface area contributed by atoms with Gasteiger partial charge in [-0.05, 0) is 54.2 Å². The third-order valence-electron chi connectivity index (χ3n) is 5.97. The molecule has 3 heterocycles. The number of benzene rings is 1. The molecule has 0 radical (unpaired) electrons. The molecule has 2 aromatic heterocycles. The first-order valence-corrected chi connectivity index (χ1v) is 11.9. The number of imide groups is 1. The van der Waals surface area contributed by atoms with Crippen LogP contribution in [0.5, 0.6) is 0 Å². The summed E-state index contributed by atoms with van der Waals surface area (Å²) in [4.78, 5) is 43.2. The number of carbonyl (C=O) groups is 3. The molecule has 8 heteroatoms. The SMILES string of the molecule is CC1CC(=Cc2ccco2)c2nc3ccccc3c(C(=O)NCCN3C(=O)CSC3=O)c2C1. The van der Waals surface area contributed by atoms with E-state index in [1.807, 2.05) is 42.5 Å². The summed E-state index contributed by atoms with van der Waals surface area (Å²) < 4.78 is 5.53. The molecule has 0 spiro atoms. The summed E-state index contributed by atoms with van der Waals surface area (Å²) in [6.07, 6.45) is 5.23. The van der Waals surface area contributed by atoms with E-state index >= 15 is 0 Å². The van der Waals surface area contributed by atoms with Gasteiger partial charge in [-0.1, -0.05) is 36.9 Å². The van der Waals surface area contributed by atoms with Crippen molar-refractivity contribution in [3.63, 3.8) is 0 Å². The minimum Gasteiger partial charge on any atom is -0.465 e. The van der Waals surface area contributed by atoms with Gasteiger partial charge in [-0.2, -0.15) is 0 Å². The molecule has 1 aliphatic heterocycles. The van der Waals surface area contributed by atoms with E-state index in [1.165, 1.54) is 4.90 Å². The Balaban J connectivity index is 1.51. The summed E-state index contributed by atoms with van der Waals surface area (Å²) >= 11 is 0.993. The second kappa shape index (κ2) is 8.86. The number of para-hydroxylation sites is 1. The number of amides is 3. The fourth-order valence-corrected chi connectivity index (χ4v) is 5.26. The summed E-state index contributed by atoms with van der Waals surface area (Å²) in [7, 11) is 0. The number of hydrogen-bond donors (Lipinski definition) is 1. The Kier molecular flexibility index (Phi) is 5.76. The first-order chi connectivity index (χ1) is 16.0. The van der Waals surface area contributed by atoms with Gasteiger partial charge in [0.25, 0.3) is 11.1 Å². The van der Waals surface area contributed by atoms with Crippen LogP contribution < -0.4 is 5.32 Å². The van der Waals surface area contributed by atoms with Crippen LogP contribution >= 0.6 is 11.8 Å². The van der Waals surface area contributed by atoms with Crippen molar-refractivity contribution in [1.29, 1.82) is 0 Å². The van der Waals surface area contributed by atoms with E-state index in [2.05, 4.69) is 12.2 Å². The van der Waals surface area contributed by atoms with Gasteiger partial charge in [-0.15, -0.1) is 0 Å². The number of rotatable bonds is 5. The molecule has 33 heavy (non-hydrogen) atoms. The highest BCUT2D eigenvalue weighted by Gasteiger charge is 2.31. The number of fused-ring (bicyclic) bond motifs is 2. The molecule has 1 N–H and O–H groups in total. The maximum Gasteiger partial charge on any atom is 0.288 e. The minimum atomic E-state index is -0.262. The zero-order chi connectivity index (χ0) is 22.9. The topological polar surface area (TPSA) is 92.5 Å². The van der Waals surface area contributed by atoms with Gasteiger partial charge >= 0.3 is 0 Å². The van der Waals surface area contributed by atoms with Crippen LogP contribution in [0.4, 0.5) is 4.79 Å². The molecular formula is C25H23N3O4S. The maximum absolute atomic E-state index is 13.4. The lowest BCUT2D eigenvalue weighted by atomic mass is 9.80. The first-order valence-electron chi connectivity index (χ1n) is 10.9. The molecule has 0 bridgehead atoms. The second-order valence-corrected chi connectivity index (χ2v) is 9.31. The number of thioether (sulfide) groups is 1. The fraction of sp³-hybridized carbons (Fsp3) is 0.280. The van der Waals surface area contributed by atoms with Gasteiger partial charge in [-0.3, -0.25) is 19.3 Å². The van der Waals surface area contributed by atoms with Gasteiger partial charge in [0.2, 0.25) is 5.91 Å². The van der Waals surface area contributed by atoms with E-state index in [9.17, 15) is 14.4 Å². The standard InChI is InChI=1S/C25H23N3O4S/c1-15-11-16(13-17-5-4-10-32-17)23-19(12-15)22(18-6-2-3-7-20(18)27-23)24(30)26-8-9-28-21(29)14-33-25(28)31/h2-7,10,13,15H,8-9,11-12,14H2,1H3,(H,26,30). The van der Waals surface area contributed by atoms with Crippen molar-refractivity contribution in [3.8, 4) is 0 Å². The van der Waals surface area contributed by atoms with Gasteiger partial charge in [-0.25, -0.2) is 4.98 Å². The van der Waals surface area contributed by atoms with Crippen LogP contribution in [0.1, 0.15) is 40.7 Å². The molecule has 3 aromatic rings. The Morgan fingerprint density at radius 2 is 2.09 bits per heavy atom. The van der Waals surface area contributed by atoms with E-state index in [0.717, 1.165) is 58.1 Å². The average Bonchev–Trinajstić information content (AvgIpc) is 3.42. The number of hydrogen-bond acceptors (Lipinski definition) is 6. The highest BCUT2D eigenvalue weighted by molar-refractivity contribution is 8.14. The van der Waals surface area contributed by atoms with Gasteiger partial charge in [0.15, 0.2) is 0 Å². The van der Waals surface area contributed by atoms with E-state index in [1.54, 1.807) is 6.26 Å². The predicted molar refractivity (Wildman–Crippen MR) is 128 cm³/mol. The molecule has 0 saturated carbocycles. The number of pyridine rings is 1. The average molecular weight is 462 g/mol. The van der Waals surface area contributed by atoms with E-state index in [4.69, 9.17) is 9.40 Å². The lowest BCUT2D eigenvalue weighted by molar-refractivity contribution is -0.124. The highest BCUT2D eigenvalue weighted by atomic mass is 32.2. The highest BCUT2D eigenvalue weighted by Crippen LogP contribution is 2.38. The molecule has 3 amide bonds. The van der Waals surface area contributed by atoms with Crippen LogP contribution in [-0.4, -0.2) is 45.8 Å². The van der Waals surface area contributed by atoms with Crippen molar-refractivity contribution in [2.45, 2.75) is 19.8 Å². The predicted octanol–water partition coefficient (Wildman–Crippen LogP) is 4.38. The lowest BCUT2D eigenvalue weighted by Gasteiger charge is -2.26. The molecule has 168 valence electrons. The zero-order valence-electron chi connectivity index (χ0n) is 18.2. The number of carbonyl (C=O) groups excluding carboxylic acids is 3. The first kappa shape index (κ1) is 21.5. The molecule has 1 unspecified atom stereocenters. The monoisotopic (exact) mass is 461 g/mol. The molecule has 1 fully saturated rings. The Hall–Kier alpha value is -3.39. The Morgan fingerprint density at radius 3 is 2.85 bits per heavy atom. The third-order valence-corrected chi connectivity index (χ3v) is 6.83. The smallest absolute Gasteiger partial charge is 0.288 e. The quantitative estimate of drug-likeness (QED) is 0.606. The van der Waals surface area contributed by atoms with Gasteiger partial charge in [0, 0.05) is 18.5 Å². The molecule has 1 aliphatic carbocycles. The number of nitrogens with one attached hydrogen (secondary N) is 1. The van der Waals surface area contributed by atoms with E-state index in [-0.39, 0.29) is 35.9 Å². The summed E-state index contributed by atoms with van der Waals surface area (Å²) in [6, 6.07) is 11.4. The van der Waals surface area contributed by atoms with Crippen LogP contribution in [-0.2, 0) is 11.2 Å². The van der Waals surface area contributed by atoms with Crippen molar-refractivity contribution in [2.75, 3.05) is 18.8 Å². The minimum absolute atomic E-state index is 0.165. The molecule has 2 aliphatic rings. The fourth-order valence-electron chi connectivity index (χ4n) is 4.51. The van der Waals surface area contributed by atoms with Crippen LogP contribution in [0.25, 0.3) is 22.6 Å². The van der Waals surface area contributed by atoms with Crippen molar-refractivity contribution in [2.24, 2.45) is 5.92 Å². The summed E-state index contributed by atoms with van der Waals surface area (Å²) in [5, 5.41) is 3.46. The largest absolute Gasteiger partial charge is 0.465 e. The van der Waals surface area contributed by atoms with Gasteiger partial charge < -0.3 is 9.73 Å². The number of aromatic nitrogens is 1. The van der Waals surface area contributed by atoms with Crippen molar-refractivity contribution in [1.82, 2.24) is 15.2 Å². The van der Waals surface area contributed by atoms with Crippen LogP contribution in [0, 0.1) is 5.92 Å². The van der Waals surface area contributed by atoms with Crippen molar-refractivity contribution in [3.05, 3.63) is 65.2 Å². The molecule has 1 saturated heterocycles. The van der Waals surface area contributed by atoms with Gasteiger partial charge in [0.1, 0.15) is 5.76 Å². The van der Waals surface area contributed by atoms with Crippen molar-refractivity contribution < 1.29 is 18.8 Å². The summed E-state index contributed by atoms with van der Waals surface area (Å²) in [5.41, 5.74) is 4.16.